The molecule has 0 saturated heterocycles. The van der Waals surface area contributed by atoms with Crippen LogP contribution in [0.5, 0.6) is 0 Å². The fourth-order valence-corrected chi connectivity index (χ4v) is 2.79. The molecule has 2 heterocycles. The molecule has 2 aromatic heterocycles. The predicted molar refractivity (Wildman–Crippen MR) is 102 cm³/mol. The summed E-state index contributed by atoms with van der Waals surface area (Å²) in [4.78, 5) is 23.6. The summed E-state index contributed by atoms with van der Waals surface area (Å²) in [7, 11) is 1.24. The van der Waals surface area contributed by atoms with E-state index in [9.17, 15) is 14.9 Å². The lowest BCUT2D eigenvalue weighted by molar-refractivity contribution is -0.140. The largest absolute Gasteiger partial charge is 0.463 e. The Morgan fingerprint density at radius 3 is 2.64 bits per heavy atom. The summed E-state index contributed by atoms with van der Waals surface area (Å²) in [6, 6.07) is 6.77. The summed E-state index contributed by atoms with van der Waals surface area (Å²) in [5.74, 6) is -0.604. The molecular weight excluding hydrogens is 360 g/mol. The quantitative estimate of drug-likeness (QED) is 0.409. The molecule has 0 radical (unpaired) electrons. The molecule has 0 aliphatic rings. The van der Waals surface area contributed by atoms with Gasteiger partial charge in [-0.05, 0) is 49.6 Å². The van der Waals surface area contributed by atoms with Crippen LogP contribution in [0, 0.1) is 31.1 Å². The Bertz CT molecular complexity index is 941. The van der Waals surface area contributed by atoms with Crippen LogP contribution < -0.4 is 0 Å². The number of furan rings is 1. The van der Waals surface area contributed by atoms with Crippen LogP contribution in [-0.2, 0) is 27.4 Å². The average molecular weight is 384 g/mol. The number of hydrogen-bond acceptors (Lipinski definition) is 6. The fraction of sp³-hybridized carbons (Fsp3) is 0.381. The van der Waals surface area contributed by atoms with Gasteiger partial charge in [0.15, 0.2) is 0 Å². The van der Waals surface area contributed by atoms with Gasteiger partial charge in [-0.1, -0.05) is 13.8 Å². The highest BCUT2D eigenvalue weighted by atomic mass is 16.5. The fourth-order valence-electron chi connectivity index (χ4n) is 2.79. The molecule has 148 valence electrons. The van der Waals surface area contributed by atoms with Gasteiger partial charge in [-0.15, -0.1) is 0 Å². The second-order valence-electron chi connectivity index (χ2n) is 6.83. The van der Waals surface area contributed by atoms with Gasteiger partial charge in [-0.3, -0.25) is 0 Å². The van der Waals surface area contributed by atoms with Crippen molar-refractivity contribution in [1.29, 1.82) is 5.26 Å². The first kappa shape index (κ1) is 21.0. The van der Waals surface area contributed by atoms with Crippen LogP contribution in [0.4, 0.5) is 0 Å². The molecular formula is C21H24N2O5. The van der Waals surface area contributed by atoms with Gasteiger partial charge < -0.3 is 18.5 Å². The maximum atomic E-state index is 12.3. The van der Waals surface area contributed by atoms with E-state index in [0.29, 0.717) is 5.92 Å². The van der Waals surface area contributed by atoms with Crippen LogP contribution in [0.25, 0.3) is 6.08 Å². The van der Waals surface area contributed by atoms with Crippen LogP contribution in [0.3, 0.4) is 0 Å². The van der Waals surface area contributed by atoms with Crippen molar-refractivity contribution in [2.45, 2.75) is 40.8 Å². The number of carbonyl (C=O) groups excluding carboxylic acids is 2. The monoisotopic (exact) mass is 384 g/mol. The Labute approximate surface area is 164 Å². The summed E-state index contributed by atoms with van der Waals surface area (Å²) >= 11 is 0. The van der Waals surface area contributed by atoms with Gasteiger partial charge in [0.25, 0.3) is 0 Å². The minimum absolute atomic E-state index is 0.0159. The molecule has 0 bridgehead atoms. The van der Waals surface area contributed by atoms with E-state index in [0.717, 1.165) is 23.5 Å². The summed E-state index contributed by atoms with van der Waals surface area (Å²) in [6.45, 7) is 8.88. The number of hydrogen-bond donors (Lipinski definition) is 0. The van der Waals surface area contributed by atoms with Crippen LogP contribution in [0.1, 0.15) is 47.1 Å². The lowest BCUT2D eigenvalue weighted by Crippen LogP contribution is -2.08. The summed E-state index contributed by atoms with van der Waals surface area (Å²) < 4.78 is 17.1. The topological polar surface area (TPSA) is 94.5 Å². The molecule has 0 aromatic carbocycles. The molecule has 0 amide bonds. The summed E-state index contributed by atoms with van der Waals surface area (Å²) in [5.41, 5.74) is 2.75. The van der Waals surface area contributed by atoms with E-state index >= 15 is 0 Å². The molecule has 28 heavy (non-hydrogen) atoms. The SMILES string of the molecule is COC(=O)c1ccc(COC(=O)/C(C#N)=C/c2cc(C)n(CC(C)C)c2C)o1. The first-order valence-corrected chi connectivity index (χ1v) is 8.89. The van der Waals surface area contributed by atoms with Crippen molar-refractivity contribution in [2.75, 3.05) is 7.11 Å². The number of nitriles is 1. The van der Waals surface area contributed by atoms with Crippen molar-refractivity contribution < 1.29 is 23.5 Å². The van der Waals surface area contributed by atoms with Gasteiger partial charge in [0.2, 0.25) is 5.76 Å². The van der Waals surface area contributed by atoms with E-state index in [1.54, 1.807) is 0 Å². The highest BCUT2D eigenvalue weighted by molar-refractivity contribution is 5.98. The number of ether oxygens (including phenoxy) is 2. The number of nitrogens with zero attached hydrogens (tertiary/aromatic N) is 2. The Kier molecular flexibility index (Phi) is 6.83. The van der Waals surface area contributed by atoms with Gasteiger partial charge in [0, 0.05) is 17.9 Å². The van der Waals surface area contributed by atoms with Crippen molar-refractivity contribution in [3.63, 3.8) is 0 Å². The first-order chi connectivity index (χ1) is 13.3. The molecule has 2 rings (SSSR count). The van der Waals surface area contributed by atoms with Crippen LogP contribution in [0.2, 0.25) is 0 Å². The number of aryl methyl sites for hydroxylation is 1. The third-order valence-electron chi connectivity index (χ3n) is 4.19. The van der Waals surface area contributed by atoms with Crippen molar-refractivity contribution in [2.24, 2.45) is 5.92 Å². The molecule has 0 N–H and O–H groups in total. The van der Waals surface area contributed by atoms with Crippen LogP contribution in [-0.4, -0.2) is 23.6 Å². The number of methoxy groups -OCH3 is 1. The normalized spacial score (nSPS) is 11.4. The molecule has 0 unspecified atom stereocenters. The zero-order valence-electron chi connectivity index (χ0n) is 16.7. The Balaban J connectivity index is 2.12. The van der Waals surface area contributed by atoms with Gasteiger partial charge in [0.05, 0.1) is 7.11 Å². The first-order valence-electron chi connectivity index (χ1n) is 8.89. The zero-order valence-corrected chi connectivity index (χ0v) is 16.7. The molecule has 0 aliphatic carbocycles. The molecule has 0 spiro atoms. The standard InChI is InChI=1S/C21H24N2O5/c1-13(2)11-23-14(3)8-16(15(23)4)9-17(10-22)20(24)27-12-18-6-7-19(28-18)21(25)26-5/h6-9,13H,11-12H2,1-5H3/b17-9+. The lowest BCUT2D eigenvalue weighted by Gasteiger charge is -2.12. The number of aromatic nitrogens is 1. The molecule has 0 fully saturated rings. The van der Waals surface area contributed by atoms with E-state index in [1.807, 2.05) is 26.0 Å². The minimum Gasteiger partial charge on any atom is -0.463 e. The van der Waals surface area contributed by atoms with E-state index in [2.05, 4.69) is 23.2 Å². The highest BCUT2D eigenvalue weighted by Crippen LogP contribution is 2.20. The molecule has 0 atom stereocenters. The lowest BCUT2D eigenvalue weighted by atomic mass is 10.1. The number of carbonyl (C=O) groups is 2. The van der Waals surface area contributed by atoms with Crippen LogP contribution >= 0.6 is 0 Å². The molecule has 0 aliphatic heterocycles. The van der Waals surface area contributed by atoms with Crippen molar-refractivity contribution in [3.8, 4) is 6.07 Å². The second kappa shape index (κ2) is 9.09. The van der Waals surface area contributed by atoms with E-state index < -0.39 is 11.9 Å². The minimum atomic E-state index is -0.757. The zero-order chi connectivity index (χ0) is 20.8. The molecule has 2 aromatic rings. The predicted octanol–water partition coefficient (Wildman–Crippen LogP) is 3.79. The van der Waals surface area contributed by atoms with E-state index in [-0.39, 0.29) is 23.7 Å². The van der Waals surface area contributed by atoms with Crippen molar-refractivity contribution in [3.05, 3.63) is 52.2 Å². The smallest absolute Gasteiger partial charge is 0.373 e. The Hall–Kier alpha value is -3.27. The van der Waals surface area contributed by atoms with E-state index in [4.69, 9.17) is 9.15 Å². The van der Waals surface area contributed by atoms with Gasteiger partial charge in [0.1, 0.15) is 24.0 Å². The average Bonchev–Trinajstić information content (AvgIpc) is 3.23. The molecule has 0 saturated carbocycles. The summed E-state index contributed by atoms with van der Waals surface area (Å²) in [5, 5.41) is 9.37. The highest BCUT2D eigenvalue weighted by Gasteiger charge is 2.16. The summed E-state index contributed by atoms with van der Waals surface area (Å²) in [6.07, 6.45) is 1.53. The Morgan fingerprint density at radius 1 is 1.32 bits per heavy atom. The maximum absolute atomic E-state index is 12.3. The maximum Gasteiger partial charge on any atom is 0.373 e. The Morgan fingerprint density at radius 2 is 2.04 bits per heavy atom. The van der Waals surface area contributed by atoms with Crippen LogP contribution in [0.15, 0.2) is 28.2 Å². The third kappa shape index (κ3) is 4.92. The van der Waals surface area contributed by atoms with Gasteiger partial charge in [-0.2, -0.15) is 5.26 Å². The number of esters is 2. The van der Waals surface area contributed by atoms with Crippen molar-refractivity contribution in [1.82, 2.24) is 4.57 Å². The second-order valence-corrected chi connectivity index (χ2v) is 6.83. The van der Waals surface area contributed by atoms with Gasteiger partial charge >= 0.3 is 11.9 Å². The van der Waals surface area contributed by atoms with Gasteiger partial charge in [-0.25, -0.2) is 9.59 Å². The molecule has 7 heteroatoms. The third-order valence-corrected chi connectivity index (χ3v) is 4.19. The molecule has 7 nitrogen and oxygen atoms in total. The van der Waals surface area contributed by atoms with Crippen molar-refractivity contribution >= 4 is 18.0 Å². The van der Waals surface area contributed by atoms with E-state index in [1.165, 1.54) is 25.3 Å². The number of rotatable bonds is 7.